The lowest BCUT2D eigenvalue weighted by Crippen LogP contribution is -2.39. The van der Waals surface area contributed by atoms with Gasteiger partial charge < -0.3 is 10.1 Å². The molecule has 0 aliphatic carbocycles. The highest BCUT2D eigenvalue weighted by Crippen LogP contribution is 2.08. The van der Waals surface area contributed by atoms with E-state index in [2.05, 4.69) is 41.4 Å². The number of nitrogens with zero attached hydrogens (tertiary/aromatic N) is 1. The zero-order valence-corrected chi connectivity index (χ0v) is 10.6. The van der Waals surface area contributed by atoms with Gasteiger partial charge in [-0.3, -0.25) is 4.90 Å². The Hall–Kier alpha value is -1.06. The first-order valence-electron chi connectivity index (χ1n) is 6.47. The van der Waals surface area contributed by atoms with Crippen LogP contribution in [0, 0.1) is 0 Å². The van der Waals surface area contributed by atoms with Crippen molar-refractivity contribution in [3.63, 3.8) is 0 Å². The Morgan fingerprint density at radius 2 is 2.06 bits per heavy atom. The minimum absolute atomic E-state index is 0.553. The number of hydrogen-bond donors (Lipinski definition) is 1. The number of benzene rings is 1. The lowest BCUT2D eigenvalue weighted by molar-refractivity contribution is 0.135. The quantitative estimate of drug-likeness (QED) is 0.864. The molecular formula is C14H22N2O. The topological polar surface area (TPSA) is 24.5 Å². The van der Waals surface area contributed by atoms with Crippen molar-refractivity contribution >= 4 is 5.69 Å². The zero-order valence-electron chi connectivity index (χ0n) is 10.6. The van der Waals surface area contributed by atoms with Crippen LogP contribution in [0.2, 0.25) is 0 Å². The number of ether oxygens (including phenoxy) is 1. The van der Waals surface area contributed by atoms with Crippen molar-refractivity contribution in [2.45, 2.75) is 19.4 Å². The molecule has 1 unspecified atom stereocenters. The highest BCUT2D eigenvalue weighted by molar-refractivity contribution is 5.42. The Balaban J connectivity index is 1.78. The van der Waals surface area contributed by atoms with Crippen LogP contribution >= 0.6 is 0 Å². The second-order valence-electron chi connectivity index (χ2n) is 4.60. The van der Waals surface area contributed by atoms with Crippen LogP contribution in [0.1, 0.15) is 13.3 Å². The number of para-hydroxylation sites is 1. The fourth-order valence-electron chi connectivity index (χ4n) is 2.16. The molecular weight excluding hydrogens is 212 g/mol. The van der Waals surface area contributed by atoms with Crippen molar-refractivity contribution < 1.29 is 4.74 Å². The summed E-state index contributed by atoms with van der Waals surface area (Å²) in [7, 11) is 0. The van der Waals surface area contributed by atoms with Crippen LogP contribution < -0.4 is 5.32 Å². The molecule has 2 rings (SSSR count). The van der Waals surface area contributed by atoms with Crippen LogP contribution in [0.15, 0.2) is 30.3 Å². The summed E-state index contributed by atoms with van der Waals surface area (Å²) in [5.74, 6) is 0. The van der Waals surface area contributed by atoms with Gasteiger partial charge in [-0.05, 0) is 25.5 Å². The third-order valence-corrected chi connectivity index (χ3v) is 3.26. The molecule has 1 atom stereocenters. The predicted octanol–water partition coefficient (Wildman–Crippen LogP) is 2.21. The van der Waals surface area contributed by atoms with Crippen molar-refractivity contribution in [3.8, 4) is 0 Å². The summed E-state index contributed by atoms with van der Waals surface area (Å²) in [5, 5.41) is 3.48. The minimum Gasteiger partial charge on any atom is -0.383 e. The molecule has 1 fully saturated rings. The lowest BCUT2D eigenvalue weighted by Gasteiger charge is -2.27. The van der Waals surface area contributed by atoms with E-state index in [1.54, 1.807) is 0 Å². The Bertz CT molecular complexity index is 307. The largest absolute Gasteiger partial charge is 0.383 e. The summed E-state index contributed by atoms with van der Waals surface area (Å²) in [4.78, 5) is 2.50. The summed E-state index contributed by atoms with van der Waals surface area (Å²) in [6, 6.07) is 10.9. The van der Waals surface area contributed by atoms with E-state index in [1.807, 2.05) is 6.07 Å². The maximum atomic E-state index is 5.48. The molecule has 1 heterocycles. The Kier molecular flexibility index (Phi) is 4.83. The molecule has 1 aliphatic heterocycles. The van der Waals surface area contributed by atoms with E-state index in [-0.39, 0.29) is 0 Å². The SMILES string of the molecule is CC(CNc1ccccc1)N1CCCOCC1. The Morgan fingerprint density at radius 3 is 2.88 bits per heavy atom. The van der Waals surface area contributed by atoms with Gasteiger partial charge >= 0.3 is 0 Å². The molecule has 94 valence electrons. The Labute approximate surface area is 104 Å². The second kappa shape index (κ2) is 6.62. The van der Waals surface area contributed by atoms with Gasteiger partial charge in [-0.2, -0.15) is 0 Å². The molecule has 3 nitrogen and oxygen atoms in total. The van der Waals surface area contributed by atoms with E-state index in [0.717, 1.165) is 39.3 Å². The highest BCUT2D eigenvalue weighted by atomic mass is 16.5. The van der Waals surface area contributed by atoms with E-state index in [4.69, 9.17) is 4.74 Å². The number of hydrogen-bond acceptors (Lipinski definition) is 3. The van der Waals surface area contributed by atoms with E-state index < -0.39 is 0 Å². The predicted molar refractivity (Wildman–Crippen MR) is 71.4 cm³/mol. The van der Waals surface area contributed by atoms with Crippen LogP contribution in [-0.2, 0) is 4.74 Å². The van der Waals surface area contributed by atoms with Gasteiger partial charge in [-0.15, -0.1) is 0 Å². The molecule has 0 amide bonds. The van der Waals surface area contributed by atoms with Gasteiger partial charge in [0.25, 0.3) is 0 Å². The van der Waals surface area contributed by atoms with E-state index >= 15 is 0 Å². The van der Waals surface area contributed by atoms with Crippen LogP contribution in [0.25, 0.3) is 0 Å². The van der Waals surface area contributed by atoms with Crippen molar-refractivity contribution in [2.75, 3.05) is 38.2 Å². The summed E-state index contributed by atoms with van der Waals surface area (Å²) in [6.07, 6.45) is 1.15. The first kappa shape index (κ1) is 12.4. The van der Waals surface area contributed by atoms with E-state index in [1.165, 1.54) is 5.69 Å². The molecule has 1 N–H and O–H groups in total. The van der Waals surface area contributed by atoms with Gasteiger partial charge in [-0.25, -0.2) is 0 Å². The van der Waals surface area contributed by atoms with Crippen LogP contribution in [0.3, 0.4) is 0 Å². The van der Waals surface area contributed by atoms with Crippen molar-refractivity contribution in [1.29, 1.82) is 0 Å². The van der Waals surface area contributed by atoms with Gasteiger partial charge in [0.15, 0.2) is 0 Å². The van der Waals surface area contributed by atoms with Crippen molar-refractivity contribution in [1.82, 2.24) is 4.90 Å². The molecule has 1 saturated heterocycles. The summed E-state index contributed by atoms with van der Waals surface area (Å²) >= 11 is 0. The minimum atomic E-state index is 0.553. The average Bonchev–Trinajstić information content (AvgIpc) is 2.66. The first-order valence-corrected chi connectivity index (χ1v) is 6.47. The lowest BCUT2D eigenvalue weighted by atomic mass is 10.2. The van der Waals surface area contributed by atoms with E-state index in [9.17, 15) is 0 Å². The number of anilines is 1. The van der Waals surface area contributed by atoms with Gasteiger partial charge in [0.2, 0.25) is 0 Å². The van der Waals surface area contributed by atoms with Gasteiger partial charge in [0.1, 0.15) is 0 Å². The second-order valence-corrected chi connectivity index (χ2v) is 4.60. The summed E-state index contributed by atoms with van der Waals surface area (Å²) in [6.45, 7) is 7.26. The Morgan fingerprint density at radius 1 is 1.24 bits per heavy atom. The maximum Gasteiger partial charge on any atom is 0.0593 e. The van der Waals surface area contributed by atoms with Gasteiger partial charge in [-0.1, -0.05) is 18.2 Å². The average molecular weight is 234 g/mol. The van der Waals surface area contributed by atoms with Gasteiger partial charge in [0, 0.05) is 38.0 Å². The van der Waals surface area contributed by atoms with Crippen LogP contribution in [-0.4, -0.2) is 43.8 Å². The number of rotatable bonds is 4. The molecule has 1 aromatic carbocycles. The smallest absolute Gasteiger partial charge is 0.0593 e. The molecule has 1 aliphatic rings. The standard InChI is InChI=1S/C14H22N2O/c1-13(16-8-5-10-17-11-9-16)12-15-14-6-3-2-4-7-14/h2-4,6-7,13,15H,5,8-12H2,1H3. The highest BCUT2D eigenvalue weighted by Gasteiger charge is 2.15. The molecule has 17 heavy (non-hydrogen) atoms. The molecule has 1 aromatic rings. The molecule has 0 bridgehead atoms. The fourth-order valence-corrected chi connectivity index (χ4v) is 2.16. The molecule has 0 aromatic heterocycles. The van der Waals surface area contributed by atoms with Crippen molar-refractivity contribution in [3.05, 3.63) is 30.3 Å². The van der Waals surface area contributed by atoms with E-state index in [0.29, 0.717) is 6.04 Å². The monoisotopic (exact) mass is 234 g/mol. The van der Waals surface area contributed by atoms with Crippen LogP contribution in [0.4, 0.5) is 5.69 Å². The third-order valence-electron chi connectivity index (χ3n) is 3.26. The van der Waals surface area contributed by atoms with Gasteiger partial charge in [0.05, 0.1) is 6.61 Å². The molecule has 0 saturated carbocycles. The summed E-state index contributed by atoms with van der Waals surface area (Å²) < 4.78 is 5.48. The van der Waals surface area contributed by atoms with Crippen LogP contribution in [0.5, 0.6) is 0 Å². The normalized spacial score (nSPS) is 19.6. The van der Waals surface area contributed by atoms with Crippen molar-refractivity contribution in [2.24, 2.45) is 0 Å². The fraction of sp³-hybridized carbons (Fsp3) is 0.571. The first-order chi connectivity index (χ1) is 8.36. The zero-order chi connectivity index (χ0) is 11.9. The summed E-state index contributed by atoms with van der Waals surface area (Å²) in [5.41, 5.74) is 1.20. The molecule has 0 radical (unpaired) electrons. The third kappa shape index (κ3) is 4.02. The number of nitrogens with one attached hydrogen (secondary N) is 1. The molecule has 3 heteroatoms. The molecule has 0 spiro atoms. The maximum absolute atomic E-state index is 5.48.